The summed E-state index contributed by atoms with van der Waals surface area (Å²) in [5.41, 5.74) is 7.00. The van der Waals surface area contributed by atoms with Crippen molar-refractivity contribution >= 4 is 23.5 Å². The van der Waals surface area contributed by atoms with E-state index in [-0.39, 0.29) is 16.9 Å². The first kappa shape index (κ1) is 25.7. The second-order valence-electron chi connectivity index (χ2n) is 8.68. The fraction of sp³-hybridized carbons (Fsp3) is 0. The molecular formula is C30H21N5O5. The van der Waals surface area contributed by atoms with Crippen LogP contribution in [0.15, 0.2) is 120 Å². The Balaban J connectivity index is 1.61. The highest BCUT2D eigenvalue weighted by Crippen LogP contribution is 2.35. The van der Waals surface area contributed by atoms with E-state index in [9.17, 15) is 25.0 Å². The van der Waals surface area contributed by atoms with Gasteiger partial charge >= 0.3 is 0 Å². The molecule has 0 saturated carbocycles. The largest absolute Gasteiger partial charge is 0.309 e. The lowest BCUT2D eigenvalue weighted by molar-refractivity contribution is -0.385. The molecule has 1 aromatic heterocycles. The summed E-state index contributed by atoms with van der Waals surface area (Å²) in [4.78, 5) is 34.0. The Bertz CT molecular complexity index is 1730. The molecule has 0 atom stereocenters. The molecule has 0 aliphatic heterocycles. The summed E-state index contributed by atoms with van der Waals surface area (Å²) >= 11 is 0. The monoisotopic (exact) mass is 531 g/mol. The molecule has 0 aliphatic carbocycles. The zero-order chi connectivity index (χ0) is 28.1. The van der Waals surface area contributed by atoms with Crippen molar-refractivity contribution in [3.05, 3.63) is 147 Å². The Morgan fingerprint density at radius 2 is 1.35 bits per heavy atom. The number of nitrogens with zero attached hydrogens (tertiary/aromatic N) is 4. The van der Waals surface area contributed by atoms with E-state index in [0.29, 0.717) is 11.3 Å². The number of nitro groups is 2. The number of hydrogen-bond acceptors (Lipinski definition) is 6. The van der Waals surface area contributed by atoms with Gasteiger partial charge in [0, 0.05) is 41.1 Å². The number of carbonyl (C=O) groups is 1. The minimum absolute atomic E-state index is 0.0240. The number of amides is 1. The molecule has 1 amide bonds. The average Bonchev–Trinajstić information content (AvgIpc) is 3.37. The minimum atomic E-state index is -0.598. The topological polar surface area (TPSA) is 133 Å². The third-order valence-corrected chi connectivity index (χ3v) is 6.15. The molecule has 1 N–H and O–H groups in total. The van der Waals surface area contributed by atoms with E-state index < -0.39 is 15.8 Å². The number of benzene rings is 4. The second kappa shape index (κ2) is 11.2. The lowest BCUT2D eigenvalue weighted by Crippen LogP contribution is -2.17. The number of hydrogen-bond donors (Lipinski definition) is 1. The van der Waals surface area contributed by atoms with Crippen LogP contribution in [0.2, 0.25) is 0 Å². The van der Waals surface area contributed by atoms with Crippen LogP contribution in [0, 0.1) is 20.2 Å². The number of carbonyl (C=O) groups excluding carboxylic acids is 1. The summed E-state index contributed by atoms with van der Waals surface area (Å²) < 4.78 is 1.98. The van der Waals surface area contributed by atoms with E-state index in [1.807, 2.05) is 71.3 Å². The maximum absolute atomic E-state index is 12.7. The number of aromatic nitrogens is 1. The van der Waals surface area contributed by atoms with Crippen molar-refractivity contribution in [3.8, 4) is 28.2 Å². The normalized spacial score (nSPS) is 10.9. The quantitative estimate of drug-likeness (QED) is 0.141. The molecule has 0 radical (unpaired) electrons. The van der Waals surface area contributed by atoms with E-state index in [1.54, 1.807) is 12.1 Å². The zero-order valence-corrected chi connectivity index (χ0v) is 20.9. The van der Waals surface area contributed by atoms with Gasteiger partial charge < -0.3 is 4.57 Å². The molecular weight excluding hydrogens is 510 g/mol. The molecule has 0 spiro atoms. The number of nitro benzene ring substituents is 2. The molecule has 40 heavy (non-hydrogen) atoms. The van der Waals surface area contributed by atoms with Crippen molar-refractivity contribution < 1.29 is 14.6 Å². The molecule has 10 heteroatoms. The number of non-ortho nitro benzene ring substituents is 2. The van der Waals surface area contributed by atoms with Gasteiger partial charge in [0.2, 0.25) is 0 Å². The van der Waals surface area contributed by atoms with Gasteiger partial charge in [0.1, 0.15) is 0 Å². The Labute approximate surface area is 228 Å². The van der Waals surface area contributed by atoms with Crippen molar-refractivity contribution in [1.29, 1.82) is 0 Å². The predicted molar refractivity (Wildman–Crippen MR) is 151 cm³/mol. The summed E-state index contributed by atoms with van der Waals surface area (Å²) in [5.74, 6) is -0.598. The first-order chi connectivity index (χ1) is 19.4. The van der Waals surface area contributed by atoms with Crippen LogP contribution in [0.5, 0.6) is 0 Å². The van der Waals surface area contributed by atoms with Crippen LogP contribution in [-0.2, 0) is 0 Å². The highest BCUT2D eigenvalue weighted by Gasteiger charge is 2.19. The van der Waals surface area contributed by atoms with Crippen molar-refractivity contribution in [2.75, 3.05) is 0 Å². The minimum Gasteiger partial charge on any atom is -0.309 e. The van der Waals surface area contributed by atoms with Crippen molar-refractivity contribution in [2.45, 2.75) is 0 Å². The molecule has 0 unspecified atom stereocenters. The summed E-state index contributed by atoms with van der Waals surface area (Å²) in [6, 6.07) is 32.8. The van der Waals surface area contributed by atoms with E-state index >= 15 is 0 Å². The Morgan fingerprint density at radius 1 is 0.725 bits per heavy atom. The second-order valence-corrected chi connectivity index (χ2v) is 8.68. The first-order valence-electron chi connectivity index (χ1n) is 12.1. The molecule has 0 bridgehead atoms. The van der Waals surface area contributed by atoms with Crippen LogP contribution >= 0.6 is 0 Å². The Hall–Kier alpha value is -5.90. The molecule has 10 nitrogen and oxygen atoms in total. The molecule has 196 valence electrons. The molecule has 0 saturated heterocycles. The maximum Gasteiger partial charge on any atom is 0.271 e. The molecule has 0 aliphatic rings. The number of hydrazone groups is 1. The van der Waals surface area contributed by atoms with Gasteiger partial charge in [-0.15, -0.1) is 0 Å². The lowest BCUT2D eigenvalue weighted by Gasteiger charge is -2.15. The number of nitrogens with one attached hydrogen (secondary N) is 1. The van der Waals surface area contributed by atoms with Crippen LogP contribution in [-0.4, -0.2) is 26.5 Å². The molecule has 4 aromatic carbocycles. The third-order valence-electron chi connectivity index (χ3n) is 6.15. The van der Waals surface area contributed by atoms with E-state index in [2.05, 4.69) is 10.5 Å². The molecule has 0 fully saturated rings. The summed E-state index contributed by atoms with van der Waals surface area (Å²) in [6.07, 6.45) is 1.51. The summed E-state index contributed by atoms with van der Waals surface area (Å²) in [7, 11) is 0. The maximum atomic E-state index is 12.7. The van der Waals surface area contributed by atoms with Crippen LogP contribution < -0.4 is 5.43 Å². The Kier molecular flexibility index (Phi) is 7.23. The molecule has 5 aromatic rings. The van der Waals surface area contributed by atoms with E-state index in [1.165, 1.54) is 42.6 Å². The fourth-order valence-electron chi connectivity index (χ4n) is 4.32. The van der Waals surface area contributed by atoms with Crippen LogP contribution in [0.3, 0.4) is 0 Å². The van der Waals surface area contributed by atoms with Crippen LogP contribution in [0.4, 0.5) is 11.4 Å². The summed E-state index contributed by atoms with van der Waals surface area (Å²) in [5, 5.41) is 26.5. The van der Waals surface area contributed by atoms with E-state index in [0.717, 1.165) is 22.5 Å². The van der Waals surface area contributed by atoms with Gasteiger partial charge in [0.15, 0.2) is 0 Å². The summed E-state index contributed by atoms with van der Waals surface area (Å²) in [6.45, 7) is 0. The van der Waals surface area contributed by atoms with Gasteiger partial charge in [-0.2, -0.15) is 5.10 Å². The van der Waals surface area contributed by atoms with Gasteiger partial charge in [0.25, 0.3) is 17.3 Å². The van der Waals surface area contributed by atoms with Gasteiger partial charge in [-0.05, 0) is 35.4 Å². The first-order valence-corrected chi connectivity index (χ1v) is 12.1. The van der Waals surface area contributed by atoms with Gasteiger partial charge in [0.05, 0.1) is 27.4 Å². The predicted octanol–water partition coefficient (Wildman–Crippen LogP) is 6.39. The smallest absolute Gasteiger partial charge is 0.271 e. The number of rotatable bonds is 8. The molecule has 5 rings (SSSR count). The Morgan fingerprint density at radius 3 is 1.98 bits per heavy atom. The van der Waals surface area contributed by atoms with Crippen molar-refractivity contribution in [2.24, 2.45) is 5.10 Å². The molecule has 1 heterocycles. The van der Waals surface area contributed by atoms with Crippen LogP contribution in [0.1, 0.15) is 15.9 Å². The van der Waals surface area contributed by atoms with Gasteiger partial charge in [-0.25, -0.2) is 5.43 Å². The highest BCUT2D eigenvalue weighted by atomic mass is 16.6. The van der Waals surface area contributed by atoms with Crippen molar-refractivity contribution in [3.63, 3.8) is 0 Å². The van der Waals surface area contributed by atoms with Crippen LogP contribution in [0.25, 0.3) is 28.2 Å². The average molecular weight is 532 g/mol. The van der Waals surface area contributed by atoms with Crippen molar-refractivity contribution in [1.82, 2.24) is 9.99 Å². The SMILES string of the molecule is O=C(N/N=C/c1cc(-c2ccccc2)n(-c2ccc([N+](=O)[O-])cc2)c1-c1ccccc1)c1cccc([N+](=O)[O-])c1. The van der Waals surface area contributed by atoms with Gasteiger partial charge in [-0.3, -0.25) is 25.0 Å². The highest BCUT2D eigenvalue weighted by molar-refractivity contribution is 5.97. The van der Waals surface area contributed by atoms with Gasteiger partial charge in [-0.1, -0.05) is 66.7 Å². The zero-order valence-electron chi connectivity index (χ0n) is 20.9. The standard InChI is InChI=1S/C30H21N5O5/c36-30(23-12-7-13-27(18-23)35(39)40)32-31-20-24-19-28(21-8-3-1-4-9-21)33(29(24)22-10-5-2-6-11-22)25-14-16-26(17-15-25)34(37)38/h1-20H,(H,32,36)/b31-20+. The van der Waals surface area contributed by atoms with E-state index in [4.69, 9.17) is 0 Å². The third kappa shape index (κ3) is 5.36. The fourth-order valence-corrected chi connectivity index (χ4v) is 4.32. The lowest BCUT2D eigenvalue weighted by atomic mass is 10.1.